The highest BCUT2D eigenvalue weighted by atomic mass is 35.5. The minimum Gasteiger partial charge on any atom is -0.494 e. The van der Waals surface area contributed by atoms with Crippen molar-refractivity contribution in [2.75, 3.05) is 37.7 Å². The van der Waals surface area contributed by atoms with E-state index in [-0.39, 0.29) is 5.63 Å². The van der Waals surface area contributed by atoms with Gasteiger partial charge in [-0.15, -0.1) is 0 Å². The van der Waals surface area contributed by atoms with Crippen LogP contribution in [0.15, 0.2) is 57.7 Å². The van der Waals surface area contributed by atoms with E-state index in [9.17, 15) is 4.79 Å². The quantitative estimate of drug-likeness (QED) is 0.604. The van der Waals surface area contributed by atoms with Crippen molar-refractivity contribution in [2.45, 2.75) is 13.5 Å². The highest BCUT2D eigenvalue weighted by molar-refractivity contribution is 6.30. The predicted molar refractivity (Wildman–Crippen MR) is 113 cm³/mol. The first-order valence-corrected chi connectivity index (χ1v) is 9.92. The Hall–Kier alpha value is -2.50. The monoisotopic (exact) mass is 398 g/mol. The molecule has 5 nitrogen and oxygen atoms in total. The van der Waals surface area contributed by atoms with E-state index in [0.717, 1.165) is 47.9 Å². The normalized spacial score (nSPS) is 15.1. The molecule has 1 aliphatic rings. The van der Waals surface area contributed by atoms with Gasteiger partial charge in [0.25, 0.3) is 0 Å². The lowest BCUT2D eigenvalue weighted by molar-refractivity contribution is 0.250. The van der Waals surface area contributed by atoms with Gasteiger partial charge in [0, 0.05) is 54.9 Å². The maximum absolute atomic E-state index is 12.0. The molecule has 3 aromatic rings. The number of rotatable bonds is 5. The van der Waals surface area contributed by atoms with Crippen molar-refractivity contribution in [1.29, 1.82) is 0 Å². The molecular weight excluding hydrogens is 376 g/mol. The number of anilines is 1. The van der Waals surface area contributed by atoms with Crippen LogP contribution in [0.1, 0.15) is 12.5 Å². The first-order valence-electron chi connectivity index (χ1n) is 9.55. The summed E-state index contributed by atoms with van der Waals surface area (Å²) in [5, 5.41) is 1.69. The third-order valence-corrected chi connectivity index (χ3v) is 5.32. The smallest absolute Gasteiger partial charge is 0.336 e. The van der Waals surface area contributed by atoms with Gasteiger partial charge in [-0.1, -0.05) is 11.6 Å². The van der Waals surface area contributed by atoms with Gasteiger partial charge in [-0.2, -0.15) is 0 Å². The number of benzene rings is 2. The van der Waals surface area contributed by atoms with E-state index in [0.29, 0.717) is 18.7 Å². The molecule has 1 aromatic heterocycles. The van der Waals surface area contributed by atoms with E-state index in [1.54, 1.807) is 6.07 Å². The summed E-state index contributed by atoms with van der Waals surface area (Å²) in [4.78, 5) is 16.7. The number of nitrogens with zero attached hydrogens (tertiary/aromatic N) is 2. The number of hydrogen-bond donors (Lipinski definition) is 0. The molecule has 0 spiro atoms. The number of hydrogen-bond acceptors (Lipinski definition) is 5. The first-order chi connectivity index (χ1) is 13.6. The van der Waals surface area contributed by atoms with Crippen LogP contribution in [-0.2, 0) is 6.54 Å². The van der Waals surface area contributed by atoms with E-state index in [2.05, 4.69) is 21.9 Å². The van der Waals surface area contributed by atoms with Gasteiger partial charge >= 0.3 is 5.63 Å². The molecule has 0 bridgehead atoms. The van der Waals surface area contributed by atoms with Gasteiger partial charge in [-0.25, -0.2) is 4.79 Å². The lowest BCUT2D eigenvalue weighted by atomic mass is 10.1. The third-order valence-electron chi connectivity index (χ3n) is 5.07. The van der Waals surface area contributed by atoms with E-state index >= 15 is 0 Å². The fourth-order valence-corrected chi connectivity index (χ4v) is 3.78. The van der Waals surface area contributed by atoms with Crippen molar-refractivity contribution in [3.63, 3.8) is 0 Å². The molecule has 6 heteroatoms. The van der Waals surface area contributed by atoms with E-state index < -0.39 is 0 Å². The van der Waals surface area contributed by atoms with E-state index in [1.165, 1.54) is 5.69 Å². The molecule has 0 unspecified atom stereocenters. The Labute approximate surface area is 169 Å². The van der Waals surface area contributed by atoms with Crippen LogP contribution >= 0.6 is 11.6 Å². The minimum atomic E-state index is -0.313. The third kappa shape index (κ3) is 4.16. The molecule has 0 radical (unpaired) electrons. The molecule has 0 amide bonds. The summed E-state index contributed by atoms with van der Waals surface area (Å²) >= 11 is 5.99. The Balaban J connectivity index is 1.50. The zero-order valence-corrected chi connectivity index (χ0v) is 16.6. The van der Waals surface area contributed by atoms with Gasteiger partial charge < -0.3 is 14.1 Å². The van der Waals surface area contributed by atoms with Crippen LogP contribution in [0.5, 0.6) is 5.75 Å². The maximum Gasteiger partial charge on any atom is 0.336 e. The lowest BCUT2D eigenvalue weighted by Crippen LogP contribution is -2.46. The Kier molecular flexibility index (Phi) is 5.55. The molecule has 0 saturated carbocycles. The van der Waals surface area contributed by atoms with Gasteiger partial charge in [0.1, 0.15) is 11.3 Å². The molecule has 1 aliphatic heterocycles. The standard InChI is InChI=1S/C22H23ClN2O3/c1-2-27-19-7-8-21-20(14-19)16(13-22(26)28-21)15-24-9-11-25(12-10-24)18-5-3-17(23)4-6-18/h3-8,13-14H,2,9-12,15H2,1H3. The second kappa shape index (κ2) is 8.25. The minimum absolute atomic E-state index is 0.313. The maximum atomic E-state index is 12.0. The summed E-state index contributed by atoms with van der Waals surface area (Å²) in [5.41, 5.74) is 2.46. The second-order valence-electron chi connectivity index (χ2n) is 6.92. The SMILES string of the molecule is CCOc1ccc2oc(=O)cc(CN3CCN(c4ccc(Cl)cc4)CC3)c2c1. The zero-order valence-electron chi connectivity index (χ0n) is 15.9. The number of halogens is 1. The van der Waals surface area contributed by atoms with Gasteiger partial charge in [0.05, 0.1) is 6.61 Å². The number of ether oxygens (including phenoxy) is 1. The van der Waals surface area contributed by atoms with Gasteiger partial charge in [0.2, 0.25) is 0 Å². The van der Waals surface area contributed by atoms with Crippen molar-refractivity contribution in [3.05, 3.63) is 69.5 Å². The largest absolute Gasteiger partial charge is 0.494 e. The summed E-state index contributed by atoms with van der Waals surface area (Å²) in [6.45, 7) is 6.99. The molecule has 28 heavy (non-hydrogen) atoms. The summed E-state index contributed by atoms with van der Waals surface area (Å²) in [7, 11) is 0. The molecule has 1 fully saturated rings. The molecule has 2 heterocycles. The second-order valence-corrected chi connectivity index (χ2v) is 7.36. The molecule has 2 aromatic carbocycles. The number of piperazine rings is 1. The van der Waals surface area contributed by atoms with Crippen molar-refractivity contribution in [1.82, 2.24) is 4.90 Å². The Morgan fingerprint density at radius 1 is 1.04 bits per heavy atom. The van der Waals surface area contributed by atoms with Crippen LogP contribution in [-0.4, -0.2) is 37.7 Å². The van der Waals surface area contributed by atoms with Crippen LogP contribution in [0.4, 0.5) is 5.69 Å². The van der Waals surface area contributed by atoms with Crippen LogP contribution in [0.2, 0.25) is 5.02 Å². The van der Waals surface area contributed by atoms with Crippen molar-refractivity contribution in [3.8, 4) is 5.75 Å². The van der Waals surface area contributed by atoms with Crippen molar-refractivity contribution in [2.24, 2.45) is 0 Å². The van der Waals surface area contributed by atoms with Gasteiger partial charge in [0.15, 0.2) is 0 Å². The Morgan fingerprint density at radius 2 is 1.79 bits per heavy atom. The fourth-order valence-electron chi connectivity index (χ4n) is 3.65. The Bertz CT molecular complexity index is 1010. The fraction of sp³-hybridized carbons (Fsp3) is 0.318. The highest BCUT2D eigenvalue weighted by Gasteiger charge is 2.19. The first kappa shape index (κ1) is 18.8. The summed E-state index contributed by atoms with van der Waals surface area (Å²) < 4.78 is 11.0. The van der Waals surface area contributed by atoms with Crippen LogP contribution < -0.4 is 15.3 Å². The average Bonchev–Trinajstić information content (AvgIpc) is 2.70. The molecule has 4 rings (SSSR count). The van der Waals surface area contributed by atoms with E-state index in [4.69, 9.17) is 20.8 Å². The van der Waals surface area contributed by atoms with Crippen molar-refractivity contribution >= 4 is 28.3 Å². The molecule has 0 aliphatic carbocycles. The average molecular weight is 399 g/mol. The Morgan fingerprint density at radius 3 is 2.50 bits per heavy atom. The van der Waals surface area contributed by atoms with Gasteiger partial charge in [-0.3, -0.25) is 4.90 Å². The highest BCUT2D eigenvalue weighted by Crippen LogP contribution is 2.25. The van der Waals surface area contributed by atoms with E-state index in [1.807, 2.05) is 37.3 Å². The van der Waals surface area contributed by atoms with Crippen LogP contribution in [0, 0.1) is 0 Å². The van der Waals surface area contributed by atoms with Crippen LogP contribution in [0.3, 0.4) is 0 Å². The zero-order chi connectivity index (χ0) is 19.5. The van der Waals surface area contributed by atoms with Crippen LogP contribution in [0.25, 0.3) is 11.0 Å². The molecule has 1 saturated heterocycles. The van der Waals surface area contributed by atoms with Crippen molar-refractivity contribution < 1.29 is 9.15 Å². The molecule has 146 valence electrons. The number of fused-ring (bicyclic) bond motifs is 1. The summed E-state index contributed by atoms with van der Waals surface area (Å²) in [6, 6.07) is 15.2. The molecular formula is C22H23ClN2O3. The summed E-state index contributed by atoms with van der Waals surface area (Å²) in [6.07, 6.45) is 0. The lowest BCUT2D eigenvalue weighted by Gasteiger charge is -2.36. The topological polar surface area (TPSA) is 45.9 Å². The van der Waals surface area contributed by atoms with Gasteiger partial charge in [-0.05, 0) is 55.0 Å². The molecule has 0 N–H and O–H groups in total. The predicted octanol–water partition coefficient (Wildman–Crippen LogP) is 4.17. The molecule has 0 atom stereocenters. The summed E-state index contributed by atoms with van der Waals surface area (Å²) in [5.74, 6) is 0.789.